The first kappa shape index (κ1) is 10.5. The molecule has 0 spiro atoms. The van der Waals surface area contributed by atoms with E-state index in [0.717, 1.165) is 27.1 Å². The Morgan fingerprint density at radius 3 is 2.88 bits per heavy atom. The van der Waals surface area contributed by atoms with Gasteiger partial charge in [-0.3, -0.25) is 9.38 Å². The molecular weight excluding hydrogens is 278 g/mol. The average Bonchev–Trinajstić information content (AvgIpc) is 2.71. The van der Waals surface area contributed by atoms with E-state index in [1.807, 2.05) is 29.7 Å². The minimum atomic E-state index is 0.933. The van der Waals surface area contributed by atoms with Gasteiger partial charge in [-0.1, -0.05) is 6.07 Å². The molecule has 0 bridgehead atoms. The number of imidazole rings is 1. The first-order chi connectivity index (χ1) is 8.25. The summed E-state index contributed by atoms with van der Waals surface area (Å²) in [6.07, 6.45) is 5.68. The summed E-state index contributed by atoms with van der Waals surface area (Å²) >= 11 is 3.48. The molecule has 0 N–H and O–H groups in total. The van der Waals surface area contributed by atoms with Gasteiger partial charge in [-0.2, -0.15) is 0 Å². The third kappa shape index (κ3) is 1.74. The van der Waals surface area contributed by atoms with Crippen LogP contribution >= 0.6 is 15.9 Å². The molecule has 0 unspecified atom stereocenters. The molecule has 3 heterocycles. The van der Waals surface area contributed by atoms with Crippen LogP contribution in [0.3, 0.4) is 0 Å². The van der Waals surface area contributed by atoms with Crippen LogP contribution in [0.15, 0.2) is 47.5 Å². The van der Waals surface area contributed by atoms with Crippen LogP contribution in [0.4, 0.5) is 0 Å². The maximum atomic E-state index is 4.31. The van der Waals surface area contributed by atoms with Gasteiger partial charge in [0.15, 0.2) is 0 Å². The number of hydrogen-bond acceptors (Lipinski definition) is 2. The fourth-order valence-electron chi connectivity index (χ4n) is 1.90. The predicted molar refractivity (Wildman–Crippen MR) is 70.9 cm³/mol. The molecule has 17 heavy (non-hydrogen) atoms. The number of fused-ring (bicyclic) bond motifs is 1. The van der Waals surface area contributed by atoms with Crippen LogP contribution in [-0.4, -0.2) is 14.4 Å². The van der Waals surface area contributed by atoms with Gasteiger partial charge in [0.2, 0.25) is 0 Å². The van der Waals surface area contributed by atoms with Gasteiger partial charge in [-0.05, 0) is 41.1 Å². The molecule has 0 saturated heterocycles. The van der Waals surface area contributed by atoms with E-state index in [0.29, 0.717) is 0 Å². The Hall–Kier alpha value is -1.68. The standard InChI is InChI=1S/C13H10BrN3/c1-9-11(3-2-6-15-9)10-4-5-13-16-7-12(14)17(13)8-10/h2-8H,1H3. The average molecular weight is 288 g/mol. The van der Waals surface area contributed by atoms with Crippen molar-refractivity contribution >= 4 is 21.6 Å². The SMILES string of the molecule is Cc1ncccc1-c1ccc2ncc(Br)n2c1. The Bertz CT molecular complexity index is 688. The van der Waals surface area contributed by atoms with Crippen LogP contribution in [0.2, 0.25) is 0 Å². The normalized spacial score (nSPS) is 10.9. The molecule has 3 aromatic heterocycles. The van der Waals surface area contributed by atoms with E-state index in [9.17, 15) is 0 Å². The molecule has 0 aliphatic carbocycles. The molecule has 0 aliphatic rings. The zero-order valence-corrected chi connectivity index (χ0v) is 10.8. The summed E-state index contributed by atoms with van der Waals surface area (Å²) in [7, 11) is 0. The van der Waals surface area contributed by atoms with Crippen LogP contribution in [0.25, 0.3) is 16.8 Å². The summed E-state index contributed by atoms with van der Waals surface area (Å²) in [5.41, 5.74) is 4.25. The second-order valence-electron chi connectivity index (χ2n) is 3.86. The molecular formula is C13H10BrN3. The molecule has 3 rings (SSSR count). The lowest BCUT2D eigenvalue weighted by atomic mass is 10.1. The highest BCUT2D eigenvalue weighted by molar-refractivity contribution is 9.10. The number of nitrogens with zero attached hydrogens (tertiary/aromatic N) is 3. The quantitative estimate of drug-likeness (QED) is 0.686. The topological polar surface area (TPSA) is 30.2 Å². The lowest BCUT2D eigenvalue weighted by molar-refractivity contribution is 1.14. The summed E-state index contributed by atoms with van der Waals surface area (Å²) in [6, 6.07) is 8.11. The second-order valence-corrected chi connectivity index (χ2v) is 4.68. The maximum Gasteiger partial charge on any atom is 0.137 e. The fourth-order valence-corrected chi connectivity index (χ4v) is 2.29. The van der Waals surface area contributed by atoms with Crippen LogP contribution in [0.1, 0.15) is 5.69 Å². The summed E-state index contributed by atoms with van der Waals surface area (Å²) in [4.78, 5) is 8.58. The van der Waals surface area contributed by atoms with Gasteiger partial charge in [0.05, 0.1) is 6.20 Å². The fraction of sp³-hybridized carbons (Fsp3) is 0.0769. The molecule has 3 nitrogen and oxygen atoms in total. The third-order valence-electron chi connectivity index (χ3n) is 2.78. The molecule has 4 heteroatoms. The van der Waals surface area contributed by atoms with Gasteiger partial charge in [-0.15, -0.1) is 0 Å². The third-order valence-corrected chi connectivity index (χ3v) is 3.37. The zero-order valence-electron chi connectivity index (χ0n) is 9.26. The molecule has 0 aromatic carbocycles. The molecule has 0 aliphatic heterocycles. The Morgan fingerprint density at radius 1 is 1.18 bits per heavy atom. The summed E-state index contributed by atoms with van der Waals surface area (Å²) in [5, 5.41) is 0. The number of aromatic nitrogens is 3. The maximum absolute atomic E-state index is 4.31. The van der Waals surface area contributed by atoms with E-state index in [1.54, 1.807) is 6.20 Å². The molecule has 3 aromatic rings. The van der Waals surface area contributed by atoms with Crippen molar-refractivity contribution in [1.82, 2.24) is 14.4 Å². The number of halogens is 1. The molecule has 84 valence electrons. The summed E-state index contributed by atoms with van der Waals surface area (Å²) in [5.74, 6) is 0. The van der Waals surface area contributed by atoms with E-state index in [4.69, 9.17) is 0 Å². The number of aryl methyl sites for hydroxylation is 1. The largest absolute Gasteiger partial charge is 0.294 e. The highest BCUT2D eigenvalue weighted by Crippen LogP contribution is 2.23. The smallest absolute Gasteiger partial charge is 0.137 e. The zero-order chi connectivity index (χ0) is 11.8. The summed E-state index contributed by atoms with van der Waals surface area (Å²) in [6.45, 7) is 2.02. The van der Waals surface area contributed by atoms with Gasteiger partial charge in [0.25, 0.3) is 0 Å². The first-order valence-electron chi connectivity index (χ1n) is 5.30. The van der Waals surface area contributed by atoms with Crippen LogP contribution in [0.5, 0.6) is 0 Å². The van der Waals surface area contributed by atoms with Crippen molar-refractivity contribution in [3.05, 3.63) is 53.2 Å². The van der Waals surface area contributed by atoms with Crippen LogP contribution in [0, 0.1) is 6.92 Å². The van der Waals surface area contributed by atoms with Gasteiger partial charge in [0, 0.05) is 29.2 Å². The van der Waals surface area contributed by atoms with Crippen LogP contribution in [-0.2, 0) is 0 Å². The van der Waals surface area contributed by atoms with E-state index >= 15 is 0 Å². The Kier molecular flexibility index (Phi) is 2.44. The monoisotopic (exact) mass is 287 g/mol. The second kappa shape index (κ2) is 3.96. The highest BCUT2D eigenvalue weighted by Gasteiger charge is 2.05. The van der Waals surface area contributed by atoms with E-state index in [-0.39, 0.29) is 0 Å². The van der Waals surface area contributed by atoms with Gasteiger partial charge in [-0.25, -0.2) is 4.98 Å². The lowest BCUT2D eigenvalue weighted by Gasteiger charge is -2.05. The molecule has 0 fully saturated rings. The Labute approximate surface area is 107 Å². The van der Waals surface area contributed by atoms with E-state index < -0.39 is 0 Å². The first-order valence-corrected chi connectivity index (χ1v) is 6.09. The minimum absolute atomic E-state index is 0.933. The summed E-state index contributed by atoms with van der Waals surface area (Å²) < 4.78 is 2.97. The van der Waals surface area contributed by atoms with Crippen LogP contribution < -0.4 is 0 Å². The highest BCUT2D eigenvalue weighted by atomic mass is 79.9. The van der Waals surface area contributed by atoms with Gasteiger partial charge in [0.1, 0.15) is 10.3 Å². The molecule has 0 radical (unpaired) electrons. The Morgan fingerprint density at radius 2 is 2.06 bits per heavy atom. The van der Waals surface area contributed by atoms with Gasteiger partial charge >= 0.3 is 0 Å². The Balaban J connectivity index is 2.24. The van der Waals surface area contributed by atoms with E-state index in [1.165, 1.54) is 0 Å². The number of hydrogen-bond donors (Lipinski definition) is 0. The number of rotatable bonds is 1. The van der Waals surface area contributed by atoms with Crippen molar-refractivity contribution in [3.8, 4) is 11.1 Å². The van der Waals surface area contributed by atoms with Crippen molar-refractivity contribution in [2.24, 2.45) is 0 Å². The van der Waals surface area contributed by atoms with Crippen molar-refractivity contribution in [2.75, 3.05) is 0 Å². The van der Waals surface area contributed by atoms with Crippen molar-refractivity contribution in [1.29, 1.82) is 0 Å². The molecule has 0 amide bonds. The molecule has 0 saturated carbocycles. The minimum Gasteiger partial charge on any atom is -0.294 e. The van der Waals surface area contributed by atoms with Crippen molar-refractivity contribution in [3.63, 3.8) is 0 Å². The number of pyridine rings is 2. The molecule has 0 atom stereocenters. The van der Waals surface area contributed by atoms with E-state index in [2.05, 4.69) is 44.2 Å². The van der Waals surface area contributed by atoms with Gasteiger partial charge < -0.3 is 0 Å². The van der Waals surface area contributed by atoms with Crippen molar-refractivity contribution < 1.29 is 0 Å². The van der Waals surface area contributed by atoms with Crippen molar-refractivity contribution in [2.45, 2.75) is 6.92 Å². The lowest BCUT2D eigenvalue weighted by Crippen LogP contribution is -1.90. The predicted octanol–water partition coefficient (Wildman–Crippen LogP) is 3.47.